The average molecular weight is 376 g/mol. The highest BCUT2D eigenvalue weighted by molar-refractivity contribution is 7.11. The molecule has 2 aromatic rings. The van der Waals surface area contributed by atoms with Crippen LogP contribution in [0.2, 0.25) is 0 Å². The quantitative estimate of drug-likeness (QED) is 0.488. The molecule has 0 saturated heterocycles. The lowest BCUT2D eigenvalue weighted by Crippen LogP contribution is -2.43. The fraction of sp³-hybridized carbons (Fsp3) is 0.450. The predicted molar refractivity (Wildman–Crippen MR) is 110 cm³/mol. The SMILES string of the molecule is CCNC(=NCCc1ccc(OC)cc1O)NC(C)Cc1ccc(C)s1. The molecule has 0 radical (unpaired) electrons. The zero-order valence-corrected chi connectivity index (χ0v) is 16.8. The highest BCUT2D eigenvalue weighted by Gasteiger charge is 2.08. The first-order valence-corrected chi connectivity index (χ1v) is 9.79. The second-order valence-corrected chi connectivity index (χ2v) is 7.64. The van der Waals surface area contributed by atoms with E-state index in [0.717, 1.165) is 24.5 Å². The van der Waals surface area contributed by atoms with Gasteiger partial charge in [-0.05, 0) is 51.0 Å². The Hall–Kier alpha value is -2.21. The van der Waals surface area contributed by atoms with Crippen LogP contribution in [-0.2, 0) is 12.8 Å². The van der Waals surface area contributed by atoms with Gasteiger partial charge in [0.1, 0.15) is 11.5 Å². The number of methoxy groups -OCH3 is 1. The number of hydrogen-bond acceptors (Lipinski definition) is 4. The van der Waals surface area contributed by atoms with E-state index in [1.54, 1.807) is 13.2 Å². The van der Waals surface area contributed by atoms with Crippen molar-refractivity contribution in [3.05, 3.63) is 45.6 Å². The van der Waals surface area contributed by atoms with Crippen LogP contribution >= 0.6 is 11.3 Å². The molecule has 5 nitrogen and oxygen atoms in total. The van der Waals surface area contributed by atoms with Crippen LogP contribution in [-0.4, -0.2) is 37.3 Å². The van der Waals surface area contributed by atoms with E-state index in [9.17, 15) is 5.11 Å². The molecule has 0 amide bonds. The number of ether oxygens (including phenoxy) is 1. The van der Waals surface area contributed by atoms with Crippen LogP contribution in [0.4, 0.5) is 0 Å². The van der Waals surface area contributed by atoms with E-state index in [4.69, 9.17) is 4.74 Å². The molecule has 0 saturated carbocycles. The molecule has 1 aromatic carbocycles. The topological polar surface area (TPSA) is 65.9 Å². The molecule has 1 heterocycles. The molecule has 1 atom stereocenters. The van der Waals surface area contributed by atoms with Crippen molar-refractivity contribution in [2.75, 3.05) is 20.2 Å². The molecule has 0 bridgehead atoms. The van der Waals surface area contributed by atoms with Crippen LogP contribution in [0.3, 0.4) is 0 Å². The zero-order chi connectivity index (χ0) is 18.9. The van der Waals surface area contributed by atoms with Crippen molar-refractivity contribution in [3.63, 3.8) is 0 Å². The summed E-state index contributed by atoms with van der Waals surface area (Å²) in [6, 6.07) is 10.0. The van der Waals surface area contributed by atoms with Crippen LogP contribution in [0.15, 0.2) is 35.3 Å². The summed E-state index contributed by atoms with van der Waals surface area (Å²) in [4.78, 5) is 7.35. The smallest absolute Gasteiger partial charge is 0.191 e. The van der Waals surface area contributed by atoms with E-state index in [1.807, 2.05) is 23.5 Å². The fourth-order valence-corrected chi connectivity index (χ4v) is 3.69. The van der Waals surface area contributed by atoms with Crippen molar-refractivity contribution >= 4 is 17.3 Å². The van der Waals surface area contributed by atoms with Crippen molar-refractivity contribution in [3.8, 4) is 11.5 Å². The summed E-state index contributed by atoms with van der Waals surface area (Å²) in [6.07, 6.45) is 1.65. The lowest BCUT2D eigenvalue weighted by molar-refractivity contribution is 0.406. The summed E-state index contributed by atoms with van der Waals surface area (Å²) in [6.45, 7) is 7.76. The molecule has 1 aromatic heterocycles. The van der Waals surface area contributed by atoms with Gasteiger partial charge in [-0.25, -0.2) is 0 Å². The van der Waals surface area contributed by atoms with E-state index in [2.05, 4.69) is 48.5 Å². The first-order valence-electron chi connectivity index (χ1n) is 8.97. The van der Waals surface area contributed by atoms with E-state index >= 15 is 0 Å². The largest absolute Gasteiger partial charge is 0.508 e. The molecule has 3 N–H and O–H groups in total. The number of thiophene rings is 1. The van der Waals surface area contributed by atoms with Gasteiger partial charge in [0, 0.05) is 41.4 Å². The minimum Gasteiger partial charge on any atom is -0.508 e. The van der Waals surface area contributed by atoms with Gasteiger partial charge in [0.25, 0.3) is 0 Å². The van der Waals surface area contributed by atoms with E-state index in [0.29, 0.717) is 24.8 Å². The minimum absolute atomic E-state index is 0.249. The molecule has 142 valence electrons. The van der Waals surface area contributed by atoms with Crippen LogP contribution in [0, 0.1) is 6.92 Å². The molecule has 2 rings (SSSR count). The van der Waals surface area contributed by atoms with Crippen molar-refractivity contribution < 1.29 is 9.84 Å². The number of phenolic OH excluding ortho intramolecular Hbond substituents is 1. The van der Waals surface area contributed by atoms with Gasteiger partial charge in [0.05, 0.1) is 7.11 Å². The summed E-state index contributed by atoms with van der Waals surface area (Å²) >= 11 is 1.84. The predicted octanol–water partition coefficient (Wildman–Crippen LogP) is 3.50. The third-order valence-corrected chi connectivity index (χ3v) is 5.00. The minimum atomic E-state index is 0.249. The second-order valence-electron chi connectivity index (χ2n) is 6.27. The summed E-state index contributed by atoms with van der Waals surface area (Å²) in [5.74, 6) is 1.71. The number of aryl methyl sites for hydroxylation is 1. The highest BCUT2D eigenvalue weighted by Crippen LogP contribution is 2.23. The van der Waals surface area contributed by atoms with Crippen molar-refractivity contribution in [2.24, 2.45) is 4.99 Å². The zero-order valence-electron chi connectivity index (χ0n) is 16.0. The third-order valence-electron chi connectivity index (χ3n) is 3.97. The van der Waals surface area contributed by atoms with Crippen molar-refractivity contribution in [1.29, 1.82) is 0 Å². The summed E-state index contributed by atoms with van der Waals surface area (Å²) in [5, 5.41) is 16.8. The lowest BCUT2D eigenvalue weighted by atomic mass is 10.1. The van der Waals surface area contributed by atoms with Crippen LogP contribution in [0.25, 0.3) is 0 Å². The summed E-state index contributed by atoms with van der Waals surface area (Å²) in [7, 11) is 1.59. The first kappa shape index (κ1) is 20.1. The number of rotatable bonds is 8. The molecular formula is C20H29N3O2S. The maximum atomic E-state index is 10.0. The Labute approximate surface area is 160 Å². The Balaban J connectivity index is 1.91. The molecule has 26 heavy (non-hydrogen) atoms. The number of nitrogens with one attached hydrogen (secondary N) is 2. The molecule has 6 heteroatoms. The van der Waals surface area contributed by atoms with Gasteiger partial charge in [0.2, 0.25) is 0 Å². The molecule has 0 aliphatic rings. The standard InChI is InChI=1S/C20H29N3O2S/c1-5-21-20(23-14(2)12-18-9-6-15(3)26-18)22-11-10-16-7-8-17(25-4)13-19(16)24/h6-9,13-14,24H,5,10-12H2,1-4H3,(H2,21,22,23). The molecule has 0 aliphatic heterocycles. The highest BCUT2D eigenvalue weighted by atomic mass is 32.1. The lowest BCUT2D eigenvalue weighted by Gasteiger charge is -2.17. The van der Waals surface area contributed by atoms with E-state index < -0.39 is 0 Å². The Kier molecular flexibility index (Phi) is 7.78. The van der Waals surface area contributed by atoms with Gasteiger partial charge in [-0.15, -0.1) is 11.3 Å². The van der Waals surface area contributed by atoms with Gasteiger partial charge in [-0.1, -0.05) is 6.07 Å². The Morgan fingerprint density at radius 3 is 2.73 bits per heavy atom. The van der Waals surface area contributed by atoms with Crippen molar-refractivity contribution in [2.45, 2.75) is 39.7 Å². The average Bonchev–Trinajstić information content (AvgIpc) is 3.01. The van der Waals surface area contributed by atoms with Gasteiger partial charge < -0.3 is 20.5 Å². The number of aliphatic imine (C=N–C) groups is 1. The number of phenols is 1. The monoisotopic (exact) mass is 375 g/mol. The number of hydrogen-bond donors (Lipinski definition) is 3. The maximum Gasteiger partial charge on any atom is 0.191 e. The van der Waals surface area contributed by atoms with Crippen LogP contribution in [0.5, 0.6) is 11.5 Å². The number of aromatic hydroxyl groups is 1. The Morgan fingerprint density at radius 2 is 2.12 bits per heavy atom. The van der Waals surface area contributed by atoms with Gasteiger partial charge in [0.15, 0.2) is 5.96 Å². The molecule has 0 spiro atoms. The number of nitrogens with zero attached hydrogens (tertiary/aromatic N) is 1. The molecule has 1 unspecified atom stereocenters. The molecular weight excluding hydrogens is 346 g/mol. The number of benzene rings is 1. The normalized spacial score (nSPS) is 12.7. The summed E-state index contributed by atoms with van der Waals surface area (Å²) < 4.78 is 5.11. The number of guanidine groups is 1. The van der Waals surface area contributed by atoms with Gasteiger partial charge in [-0.2, -0.15) is 0 Å². The molecule has 0 aliphatic carbocycles. The van der Waals surface area contributed by atoms with Gasteiger partial charge >= 0.3 is 0 Å². The van der Waals surface area contributed by atoms with E-state index in [-0.39, 0.29) is 5.75 Å². The molecule has 0 fully saturated rings. The van der Waals surface area contributed by atoms with Crippen LogP contribution in [0.1, 0.15) is 29.2 Å². The summed E-state index contributed by atoms with van der Waals surface area (Å²) in [5.41, 5.74) is 0.868. The Bertz CT molecular complexity index is 728. The van der Waals surface area contributed by atoms with Crippen LogP contribution < -0.4 is 15.4 Å². The first-order chi connectivity index (χ1) is 12.5. The fourth-order valence-electron chi connectivity index (χ4n) is 2.67. The third kappa shape index (κ3) is 6.26. The second kappa shape index (κ2) is 10.1. The Morgan fingerprint density at radius 1 is 1.31 bits per heavy atom. The van der Waals surface area contributed by atoms with Gasteiger partial charge in [-0.3, -0.25) is 4.99 Å². The maximum absolute atomic E-state index is 10.0. The van der Waals surface area contributed by atoms with Crippen molar-refractivity contribution in [1.82, 2.24) is 10.6 Å². The van der Waals surface area contributed by atoms with E-state index in [1.165, 1.54) is 9.75 Å².